The molecule has 0 saturated heterocycles. The number of nitrogens with one attached hydrogen (secondary N) is 1. The Hall–Kier alpha value is -2.16. The van der Waals surface area contributed by atoms with Gasteiger partial charge in [0.2, 0.25) is 10.0 Å². The van der Waals surface area contributed by atoms with Crippen LogP contribution < -0.4 is 14.3 Å². The van der Waals surface area contributed by atoms with Crippen LogP contribution in [0.25, 0.3) is 10.2 Å². The smallest absolute Gasteiger partial charge is 0.308 e. The first-order valence-corrected chi connectivity index (χ1v) is 11.8. The van der Waals surface area contributed by atoms with Crippen LogP contribution in [0.3, 0.4) is 0 Å². The standard InChI is InChI=1S/C21H24N2O4S2/c1-13(2)23-17-10-9-14(11-19(17)28-20(23)24)29(25,26)22-16-12-21(3,4)27-18-8-6-5-7-15(16)18/h5-11,13,16,22H,12H2,1-4H3. The second kappa shape index (κ2) is 6.97. The van der Waals surface area contributed by atoms with Crippen LogP contribution in [0.5, 0.6) is 5.75 Å². The van der Waals surface area contributed by atoms with Gasteiger partial charge in [0.05, 0.1) is 21.2 Å². The van der Waals surface area contributed by atoms with Crippen molar-refractivity contribution in [1.82, 2.24) is 9.29 Å². The monoisotopic (exact) mass is 432 g/mol. The molecule has 29 heavy (non-hydrogen) atoms. The zero-order valence-corrected chi connectivity index (χ0v) is 18.4. The van der Waals surface area contributed by atoms with Crippen molar-refractivity contribution >= 4 is 31.6 Å². The minimum atomic E-state index is -3.78. The first-order valence-electron chi connectivity index (χ1n) is 9.53. The third kappa shape index (κ3) is 3.72. The highest BCUT2D eigenvalue weighted by Gasteiger charge is 2.36. The molecule has 1 aromatic heterocycles. The average Bonchev–Trinajstić information content (AvgIpc) is 2.95. The van der Waals surface area contributed by atoms with E-state index in [2.05, 4.69) is 4.72 Å². The molecule has 1 aliphatic rings. The predicted octanol–water partition coefficient (Wildman–Crippen LogP) is 4.22. The maximum absolute atomic E-state index is 13.2. The van der Waals surface area contributed by atoms with Gasteiger partial charge in [-0.25, -0.2) is 13.1 Å². The lowest BCUT2D eigenvalue weighted by Crippen LogP contribution is -2.41. The van der Waals surface area contributed by atoms with Crippen molar-refractivity contribution in [3.8, 4) is 5.75 Å². The van der Waals surface area contributed by atoms with E-state index >= 15 is 0 Å². The molecule has 8 heteroatoms. The van der Waals surface area contributed by atoms with Gasteiger partial charge < -0.3 is 4.74 Å². The van der Waals surface area contributed by atoms with E-state index in [1.807, 2.05) is 52.0 Å². The van der Waals surface area contributed by atoms with Crippen molar-refractivity contribution in [3.05, 3.63) is 57.7 Å². The van der Waals surface area contributed by atoms with Gasteiger partial charge in [-0.1, -0.05) is 29.5 Å². The van der Waals surface area contributed by atoms with Gasteiger partial charge in [-0.15, -0.1) is 0 Å². The Morgan fingerprint density at radius 2 is 1.93 bits per heavy atom. The highest BCUT2D eigenvalue weighted by molar-refractivity contribution is 7.89. The number of ether oxygens (including phenoxy) is 1. The first kappa shape index (κ1) is 20.1. The van der Waals surface area contributed by atoms with E-state index in [-0.39, 0.29) is 15.8 Å². The van der Waals surface area contributed by atoms with Crippen molar-refractivity contribution < 1.29 is 13.2 Å². The summed E-state index contributed by atoms with van der Waals surface area (Å²) in [5, 5.41) is 0. The van der Waals surface area contributed by atoms with Crippen molar-refractivity contribution in [2.75, 3.05) is 0 Å². The number of thiazole rings is 1. The summed E-state index contributed by atoms with van der Waals surface area (Å²) >= 11 is 1.07. The highest BCUT2D eigenvalue weighted by atomic mass is 32.2. The maximum atomic E-state index is 13.2. The number of rotatable bonds is 4. The molecular weight excluding hydrogens is 408 g/mol. The molecule has 0 aliphatic carbocycles. The average molecular weight is 433 g/mol. The lowest BCUT2D eigenvalue weighted by atomic mass is 9.90. The molecule has 1 atom stereocenters. The molecule has 6 nitrogen and oxygen atoms in total. The maximum Gasteiger partial charge on any atom is 0.308 e. The number of aromatic nitrogens is 1. The third-order valence-electron chi connectivity index (χ3n) is 5.09. The van der Waals surface area contributed by atoms with Crippen LogP contribution >= 0.6 is 11.3 Å². The molecule has 2 aromatic carbocycles. The highest BCUT2D eigenvalue weighted by Crippen LogP contribution is 2.40. The Bertz CT molecular complexity index is 1240. The number of hydrogen-bond donors (Lipinski definition) is 1. The SMILES string of the molecule is CC(C)n1c(=O)sc2cc(S(=O)(=O)NC3CC(C)(C)Oc4ccccc43)ccc21. The molecule has 3 aromatic rings. The van der Waals surface area contributed by atoms with E-state index in [0.717, 1.165) is 22.4 Å². The lowest BCUT2D eigenvalue weighted by Gasteiger charge is -2.37. The number of hydrogen-bond acceptors (Lipinski definition) is 5. The first-order chi connectivity index (χ1) is 13.6. The molecule has 154 valence electrons. The van der Waals surface area contributed by atoms with E-state index < -0.39 is 21.7 Å². The summed E-state index contributed by atoms with van der Waals surface area (Å²) in [5.41, 5.74) is 1.10. The fraction of sp³-hybridized carbons (Fsp3) is 0.381. The fourth-order valence-corrected chi connectivity index (χ4v) is 6.20. The molecule has 4 rings (SSSR count). The van der Waals surface area contributed by atoms with Gasteiger partial charge in [0.15, 0.2) is 0 Å². The molecule has 0 saturated carbocycles. The van der Waals surface area contributed by atoms with E-state index in [1.54, 1.807) is 22.8 Å². The molecule has 1 N–H and O–H groups in total. The second-order valence-electron chi connectivity index (χ2n) is 8.24. The Morgan fingerprint density at radius 1 is 1.21 bits per heavy atom. The quantitative estimate of drug-likeness (QED) is 0.669. The van der Waals surface area contributed by atoms with Gasteiger partial charge in [0.1, 0.15) is 11.4 Å². The van der Waals surface area contributed by atoms with Gasteiger partial charge >= 0.3 is 4.87 Å². The molecular formula is C21H24N2O4S2. The molecule has 1 unspecified atom stereocenters. The molecule has 1 aliphatic heterocycles. The molecule has 0 bridgehead atoms. The Balaban J connectivity index is 1.72. The zero-order chi connectivity index (χ0) is 21.0. The lowest BCUT2D eigenvalue weighted by molar-refractivity contribution is 0.0702. The summed E-state index contributed by atoms with van der Waals surface area (Å²) in [5.74, 6) is 0.694. The van der Waals surface area contributed by atoms with Gasteiger partial charge in [-0.05, 0) is 52.0 Å². The minimum Gasteiger partial charge on any atom is -0.487 e. The Morgan fingerprint density at radius 3 is 2.66 bits per heavy atom. The van der Waals surface area contributed by atoms with Crippen LogP contribution in [0.4, 0.5) is 0 Å². The largest absolute Gasteiger partial charge is 0.487 e. The number of para-hydroxylation sites is 1. The zero-order valence-electron chi connectivity index (χ0n) is 16.8. The normalized spacial score (nSPS) is 18.6. The van der Waals surface area contributed by atoms with E-state index in [4.69, 9.17) is 4.74 Å². The molecule has 0 spiro atoms. The van der Waals surface area contributed by atoms with Crippen LogP contribution in [0.2, 0.25) is 0 Å². The molecule has 0 amide bonds. The van der Waals surface area contributed by atoms with Crippen molar-refractivity contribution in [3.63, 3.8) is 0 Å². The Kier molecular flexibility index (Phi) is 4.83. The second-order valence-corrected chi connectivity index (χ2v) is 10.9. The molecule has 0 fully saturated rings. The van der Waals surface area contributed by atoms with Crippen molar-refractivity contribution in [2.24, 2.45) is 0 Å². The van der Waals surface area contributed by atoms with Crippen LogP contribution in [-0.4, -0.2) is 18.6 Å². The van der Waals surface area contributed by atoms with Crippen LogP contribution in [0, 0.1) is 0 Å². The van der Waals surface area contributed by atoms with E-state index in [0.29, 0.717) is 16.9 Å². The predicted molar refractivity (Wildman–Crippen MR) is 115 cm³/mol. The Labute approximate surface area is 174 Å². The fourth-order valence-electron chi connectivity index (χ4n) is 3.84. The number of fused-ring (bicyclic) bond motifs is 2. The van der Waals surface area contributed by atoms with E-state index in [9.17, 15) is 13.2 Å². The van der Waals surface area contributed by atoms with Gasteiger partial charge in [-0.2, -0.15) is 0 Å². The summed E-state index contributed by atoms with van der Waals surface area (Å²) in [6.45, 7) is 7.76. The van der Waals surface area contributed by atoms with Crippen LogP contribution in [0.15, 0.2) is 52.2 Å². The van der Waals surface area contributed by atoms with E-state index in [1.165, 1.54) is 0 Å². The van der Waals surface area contributed by atoms with Crippen molar-refractivity contribution in [2.45, 2.75) is 56.7 Å². The van der Waals surface area contributed by atoms with Gasteiger partial charge in [-0.3, -0.25) is 9.36 Å². The third-order valence-corrected chi connectivity index (χ3v) is 7.47. The van der Waals surface area contributed by atoms with Crippen LogP contribution in [-0.2, 0) is 10.0 Å². The van der Waals surface area contributed by atoms with Crippen LogP contribution in [0.1, 0.15) is 51.8 Å². The summed E-state index contributed by atoms with van der Waals surface area (Å²) in [6, 6.07) is 12.0. The molecule has 2 heterocycles. The summed E-state index contributed by atoms with van der Waals surface area (Å²) in [4.78, 5) is 12.3. The number of benzene rings is 2. The number of nitrogens with zero attached hydrogens (tertiary/aromatic N) is 1. The van der Waals surface area contributed by atoms with Crippen molar-refractivity contribution in [1.29, 1.82) is 0 Å². The minimum absolute atomic E-state index is 0.0119. The van der Waals surface area contributed by atoms with Gasteiger partial charge in [0, 0.05) is 18.0 Å². The summed E-state index contributed by atoms with van der Waals surface area (Å²) in [6.07, 6.45) is 0.516. The number of sulfonamides is 1. The summed E-state index contributed by atoms with van der Waals surface area (Å²) < 4.78 is 37.5. The topological polar surface area (TPSA) is 77.4 Å². The molecule has 0 radical (unpaired) electrons. The van der Waals surface area contributed by atoms with Gasteiger partial charge in [0.25, 0.3) is 0 Å². The summed E-state index contributed by atoms with van der Waals surface area (Å²) in [7, 11) is -3.78.